The topological polar surface area (TPSA) is 57.9 Å². The molecule has 1 aromatic heterocycles. The van der Waals surface area contributed by atoms with E-state index in [1.807, 2.05) is 27.0 Å². The summed E-state index contributed by atoms with van der Waals surface area (Å²) >= 11 is 0. The second-order valence-corrected chi connectivity index (χ2v) is 4.95. The first-order valence-electron chi connectivity index (χ1n) is 5.39. The molecule has 86 valence electrons. The number of nitrogens with two attached hydrogens (primary N) is 1. The third-order valence-electron chi connectivity index (χ3n) is 2.49. The van der Waals surface area contributed by atoms with Gasteiger partial charge in [-0.05, 0) is 32.0 Å². The van der Waals surface area contributed by atoms with E-state index in [4.69, 9.17) is 5.73 Å². The molecule has 0 bridgehead atoms. The number of fused-ring (bicyclic) bond motifs is 1. The molecular formula is C12H18N4. The van der Waals surface area contributed by atoms with E-state index in [9.17, 15) is 0 Å². The lowest BCUT2D eigenvalue weighted by Crippen LogP contribution is -2.44. The normalized spacial score (nSPS) is 12.0. The molecule has 0 fully saturated rings. The minimum absolute atomic E-state index is 0.197. The van der Waals surface area contributed by atoms with Crippen LogP contribution in [0.3, 0.4) is 0 Å². The van der Waals surface area contributed by atoms with Crippen molar-refractivity contribution in [3.8, 4) is 0 Å². The lowest BCUT2D eigenvalue weighted by molar-refractivity contribution is 0.519. The zero-order valence-electron chi connectivity index (χ0n) is 9.99. The number of aromatic amines is 1. The number of benzene rings is 1. The van der Waals surface area contributed by atoms with Gasteiger partial charge in [-0.3, -0.25) is 0 Å². The highest BCUT2D eigenvalue weighted by atomic mass is 15.1. The van der Waals surface area contributed by atoms with Crippen molar-refractivity contribution in [3.63, 3.8) is 0 Å². The number of aromatic nitrogens is 2. The molecule has 4 heteroatoms. The lowest BCUT2D eigenvalue weighted by Gasteiger charge is -2.28. The minimum atomic E-state index is -0.197. The van der Waals surface area contributed by atoms with Crippen molar-refractivity contribution < 1.29 is 0 Å². The van der Waals surface area contributed by atoms with E-state index in [0.717, 1.165) is 23.3 Å². The van der Waals surface area contributed by atoms with Crippen molar-refractivity contribution >= 4 is 16.7 Å². The molecule has 0 atom stereocenters. The van der Waals surface area contributed by atoms with Crippen molar-refractivity contribution in [1.29, 1.82) is 0 Å². The van der Waals surface area contributed by atoms with Crippen LogP contribution in [0.15, 0.2) is 24.5 Å². The second-order valence-electron chi connectivity index (χ2n) is 4.95. The van der Waals surface area contributed by atoms with Crippen LogP contribution in [-0.4, -0.2) is 29.1 Å². The lowest BCUT2D eigenvalue weighted by atomic mass is 10.1. The maximum atomic E-state index is 6.00. The minimum Gasteiger partial charge on any atom is -0.373 e. The molecule has 2 aromatic rings. The maximum Gasteiger partial charge on any atom is 0.0931 e. The number of anilines is 1. The van der Waals surface area contributed by atoms with Crippen LogP contribution in [0.4, 0.5) is 5.69 Å². The van der Waals surface area contributed by atoms with E-state index in [-0.39, 0.29) is 5.54 Å². The highest BCUT2D eigenvalue weighted by Crippen LogP contribution is 2.19. The van der Waals surface area contributed by atoms with Crippen LogP contribution in [0.2, 0.25) is 0 Å². The summed E-state index contributed by atoms with van der Waals surface area (Å²) in [4.78, 5) is 9.46. The van der Waals surface area contributed by atoms with E-state index in [1.165, 1.54) is 0 Å². The van der Waals surface area contributed by atoms with Crippen LogP contribution in [0.5, 0.6) is 0 Å². The summed E-state index contributed by atoms with van der Waals surface area (Å²) in [6.45, 7) is 4.86. The first kappa shape index (κ1) is 11.0. The van der Waals surface area contributed by atoms with Crippen LogP contribution in [0.25, 0.3) is 11.0 Å². The molecule has 4 nitrogen and oxygen atoms in total. The van der Waals surface area contributed by atoms with Gasteiger partial charge in [0.1, 0.15) is 0 Å². The number of hydrogen-bond donors (Lipinski definition) is 2. The van der Waals surface area contributed by atoms with Crippen LogP contribution >= 0.6 is 0 Å². The molecule has 0 unspecified atom stereocenters. The Morgan fingerprint density at radius 3 is 2.88 bits per heavy atom. The number of rotatable bonds is 3. The van der Waals surface area contributed by atoms with Crippen LogP contribution in [0, 0.1) is 0 Å². The zero-order chi connectivity index (χ0) is 11.8. The number of nitrogens with zero attached hydrogens (tertiary/aromatic N) is 2. The van der Waals surface area contributed by atoms with Crippen molar-refractivity contribution in [1.82, 2.24) is 9.97 Å². The molecule has 0 saturated heterocycles. The highest BCUT2D eigenvalue weighted by molar-refractivity contribution is 5.78. The summed E-state index contributed by atoms with van der Waals surface area (Å²) in [5, 5.41) is 0. The molecule has 2 rings (SSSR count). The summed E-state index contributed by atoms with van der Waals surface area (Å²) in [5.74, 6) is 0. The Labute approximate surface area is 95.5 Å². The molecule has 0 aliphatic heterocycles. The van der Waals surface area contributed by atoms with Gasteiger partial charge in [-0.2, -0.15) is 0 Å². The molecule has 3 N–H and O–H groups in total. The van der Waals surface area contributed by atoms with E-state index in [0.29, 0.717) is 0 Å². The van der Waals surface area contributed by atoms with Gasteiger partial charge in [-0.1, -0.05) is 0 Å². The molecule has 1 aromatic carbocycles. The Morgan fingerprint density at radius 1 is 1.44 bits per heavy atom. The molecular weight excluding hydrogens is 200 g/mol. The average Bonchev–Trinajstić information content (AvgIpc) is 2.61. The fourth-order valence-electron chi connectivity index (χ4n) is 1.86. The SMILES string of the molecule is CN(CC(C)(C)N)c1ccc2nc[nH]c2c1. The Kier molecular flexibility index (Phi) is 2.59. The van der Waals surface area contributed by atoms with Gasteiger partial charge < -0.3 is 15.6 Å². The number of likely N-dealkylation sites (N-methyl/N-ethyl adjacent to an activating group) is 1. The molecule has 0 aliphatic rings. The summed E-state index contributed by atoms with van der Waals surface area (Å²) in [5.41, 5.74) is 9.00. The van der Waals surface area contributed by atoms with Gasteiger partial charge in [0.25, 0.3) is 0 Å². The molecule has 1 heterocycles. The summed E-state index contributed by atoms with van der Waals surface area (Å²) in [7, 11) is 2.05. The van der Waals surface area contributed by atoms with Gasteiger partial charge in [0.2, 0.25) is 0 Å². The van der Waals surface area contributed by atoms with Crippen molar-refractivity contribution in [2.45, 2.75) is 19.4 Å². The third kappa shape index (κ3) is 2.33. The predicted octanol–water partition coefficient (Wildman–Crippen LogP) is 1.74. The molecule has 0 radical (unpaired) electrons. The number of hydrogen-bond acceptors (Lipinski definition) is 3. The fraction of sp³-hybridized carbons (Fsp3) is 0.417. The Bertz CT molecular complexity index is 481. The summed E-state index contributed by atoms with van der Waals surface area (Å²) in [6, 6.07) is 6.17. The first-order chi connectivity index (χ1) is 7.46. The predicted molar refractivity (Wildman–Crippen MR) is 67.6 cm³/mol. The Balaban J connectivity index is 2.25. The van der Waals surface area contributed by atoms with E-state index >= 15 is 0 Å². The Hall–Kier alpha value is -1.55. The van der Waals surface area contributed by atoms with Gasteiger partial charge in [-0.25, -0.2) is 4.98 Å². The molecule has 0 saturated carbocycles. The van der Waals surface area contributed by atoms with E-state index < -0.39 is 0 Å². The third-order valence-corrected chi connectivity index (χ3v) is 2.49. The molecule has 0 aliphatic carbocycles. The standard InChI is InChI=1S/C12H18N4/c1-12(2,13)7-16(3)9-4-5-10-11(6-9)15-8-14-10/h4-6,8H,7,13H2,1-3H3,(H,14,15). The largest absolute Gasteiger partial charge is 0.373 e. The zero-order valence-corrected chi connectivity index (χ0v) is 9.99. The number of H-pyrrole nitrogens is 1. The quantitative estimate of drug-likeness (QED) is 0.825. The maximum absolute atomic E-state index is 6.00. The van der Waals surface area contributed by atoms with Crippen molar-refractivity contribution in [2.24, 2.45) is 5.73 Å². The van der Waals surface area contributed by atoms with Crippen molar-refractivity contribution in [2.75, 3.05) is 18.5 Å². The van der Waals surface area contributed by atoms with Crippen molar-refractivity contribution in [3.05, 3.63) is 24.5 Å². The van der Waals surface area contributed by atoms with Gasteiger partial charge >= 0.3 is 0 Å². The van der Waals surface area contributed by atoms with E-state index in [2.05, 4.69) is 27.0 Å². The summed E-state index contributed by atoms with van der Waals surface area (Å²) < 4.78 is 0. The van der Waals surface area contributed by atoms with Crippen LogP contribution in [-0.2, 0) is 0 Å². The number of nitrogens with one attached hydrogen (secondary N) is 1. The number of imidazole rings is 1. The second kappa shape index (κ2) is 3.79. The van der Waals surface area contributed by atoms with Gasteiger partial charge in [0, 0.05) is 24.8 Å². The fourth-order valence-corrected chi connectivity index (χ4v) is 1.86. The van der Waals surface area contributed by atoms with Crippen LogP contribution < -0.4 is 10.6 Å². The smallest absolute Gasteiger partial charge is 0.0931 e. The van der Waals surface area contributed by atoms with E-state index in [1.54, 1.807) is 6.33 Å². The first-order valence-corrected chi connectivity index (χ1v) is 5.39. The average molecular weight is 218 g/mol. The van der Waals surface area contributed by atoms with Gasteiger partial charge in [-0.15, -0.1) is 0 Å². The molecule has 0 amide bonds. The van der Waals surface area contributed by atoms with Gasteiger partial charge in [0.05, 0.1) is 17.4 Å². The summed E-state index contributed by atoms with van der Waals surface area (Å²) in [6.07, 6.45) is 1.71. The van der Waals surface area contributed by atoms with Gasteiger partial charge in [0.15, 0.2) is 0 Å². The van der Waals surface area contributed by atoms with Crippen LogP contribution in [0.1, 0.15) is 13.8 Å². The highest BCUT2D eigenvalue weighted by Gasteiger charge is 2.14. The molecule has 0 spiro atoms. The monoisotopic (exact) mass is 218 g/mol. The molecule has 16 heavy (non-hydrogen) atoms. The Morgan fingerprint density at radius 2 is 2.19 bits per heavy atom.